The Hall–Kier alpha value is -1.16. The summed E-state index contributed by atoms with van der Waals surface area (Å²) < 4.78 is 15.2. The van der Waals surface area contributed by atoms with Crippen molar-refractivity contribution in [3.05, 3.63) is 24.5 Å². The molecule has 0 unspecified atom stereocenters. The summed E-state index contributed by atoms with van der Waals surface area (Å²) in [5.41, 5.74) is 0.953. The zero-order chi connectivity index (χ0) is 9.97. The second-order valence-corrected chi connectivity index (χ2v) is 3.49. The van der Waals surface area contributed by atoms with E-state index in [4.69, 9.17) is 0 Å². The second kappa shape index (κ2) is 3.92. The van der Waals surface area contributed by atoms with Crippen molar-refractivity contribution < 1.29 is 4.39 Å². The first-order chi connectivity index (χ1) is 6.81. The molecular formula is C10H14FN3. The minimum absolute atomic E-state index is 0.0469. The van der Waals surface area contributed by atoms with Crippen molar-refractivity contribution in [2.24, 2.45) is 0 Å². The number of rotatable bonds is 2. The molecule has 1 N–H and O–H groups in total. The summed E-state index contributed by atoms with van der Waals surface area (Å²) >= 11 is 0. The van der Waals surface area contributed by atoms with Crippen LogP contribution in [0.15, 0.2) is 24.5 Å². The molecule has 1 aromatic rings. The summed E-state index contributed by atoms with van der Waals surface area (Å²) in [4.78, 5) is 0. The Morgan fingerprint density at radius 1 is 1.64 bits per heavy atom. The first kappa shape index (κ1) is 9.40. The van der Waals surface area contributed by atoms with Gasteiger partial charge in [0.1, 0.15) is 6.17 Å². The van der Waals surface area contributed by atoms with Crippen LogP contribution < -0.4 is 5.32 Å². The van der Waals surface area contributed by atoms with Crippen LogP contribution >= 0.6 is 0 Å². The fraction of sp³-hybridized carbons (Fsp3) is 0.500. The maximum atomic E-state index is 13.5. The number of alkyl halides is 1. The maximum absolute atomic E-state index is 13.5. The van der Waals surface area contributed by atoms with Gasteiger partial charge in [-0.2, -0.15) is 5.10 Å². The number of nitrogens with one attached hydrogen (secondary N) is 1. The third-order valence-corrected chi connectivity index (χ3v) is 2.62. The van der Waals surface area contributed by atoms with Gasteiger partial charge < -0.3 is 5.32 Å². The number of hydrogen-bond acceptors (Lipinski definition) is 2. The van der Waals surface area contributed by atoms with Gasteiger partial charge in [0.05, 0.1) is 0 Å². The fourth-order valence-electron chi connectivity index (χ4n) is 1.78. The van der Waals surface area contributed by atoms with Crippen LogP contribution in [0.5, 0.6) is 0 Å². The molecule has 1 heterocycles. The van der Waals surface area contributed by atoms with Crippen molar-refractivity contribution in [2.75, 3.05) is 7.05 Å². The van der Waals surface area contributed by atoms with E-state index in [2.05, 4.69) is 10.4 Å². The van der Waals surface area contributed by atoms with E-state index in [1.165, 1.54) is 0 Å². The number of hydrogen-bond donors (Lipinski definition) is 1. The molecule has 0 aliphatic heterocycles. The van der Waals surface area contributed by atoms with Crippen LogP contribution in [-0.4, -0.2) is 29.0 Å². The predicted molar refractivity (Wildman–Crippen MR) is 53.5 cm³/mol. The first-order valence-electron chi connectivity index (χ1n) is 4.83. The van der Waals surface area contributed by atoms with Crippen molar-refractivity contribution in [1.29, 1.82) is 0 Å². The zero-order valence-electron chi connectivity index (χ0n) is 8.15. The highest BCUT2D eigenvalue weighted by Crippen LogP contribution is 2.23. The molecule has 1 aliphatic carbocycles. The Kier molecular flexibility index (Phi) is 2.63. The molecular weight excluding hydrogens is 181 g/mol. The summed E-state index contributed by atoms with van der Waals surface area (Å²) in [5.74, 6) is 0. The number of halogens is 1. The van der Waals surface area contributed by atoms with E-state index in [0.29, 0.717) is 0 Å². The van der Waals surface area contributed by atoms with Gasteiger partial charge in [-0.15, -0.1) is 0 Å². The molecule has 14 heavy (non-hydrogen) atoms. The van der Waals surface area contributed by atoms with Crippen LogP contribution in [0.1, 0.15) is 12.8 Å². The monoisotopic (exact) mass is 195 g/mol. The SMILES string of the molecule is CN[C@@H]1CCC(n2cccn2)=C[C@@H]1F. The minimum atomic E-state index is -0.909. The lowest BCUT2D eigenvalue weighted by Gasteiger charge is -2.24. The molecule has 2 rings (SSSR count). The highest BCUT2D eigenvalue weighted by atomic mass is 19.1. The van der Waals surface area contributed by atoms with E-state index in [9.17, 15) is 4.39 Å². The average Bonchev–Trinajstić information content (AvgIpc) is 2.70. The summed E-state index contributed by atoms with van der Waals surface area (Å²) in [6.07, 6.45) is 5.98. The molecule has 0 bridgehead atoms. The Morgan fingerprint density at radius 3 is 3.07 bits per heavy atom. The van der Waals surface area contributed by atoms with E-state index in [0.717, 1.165) is 18.5 Å². The van der Waals surface area contributed by atoms with Gasteiger partial charge in [0.25, 0.3) is 0 Å². The lowest BCUT2D eigenvalue weighted by atomic mass is 9.98. The van der Waals surface area contributed by atoms with Crippen LogP contribution in [0.2, 0.25) is 0 Å². The van der Waals surface area contributed by atoms with E-state index < -0.39 is 6.17 Å². The summed E-state index contributed by atoms with van der Waals surface area (Å²) in [7, 11) is 1.80. The minimum Gasteiger partial charge on any atom is -0.314 e. The summed E-state index contributed by atoms with van der Waals surface area (Å²) in [6, 6.07) is 1.80. The molecule has 1 aliphatic rings. The van der Waals surface area contributed by atoms with Crippen molar-refractivity contribution in [1.82, 2.24) is 15.1 Å². The lowest BCUT2D eigenvalue weighted by molar-refractivity contribution is 0.290. The molecule has 4 heteroatoms. The van der Waals surface area contributed by atoms with Crippen molar-refractivity contribution in [3.8, 4) is 0 Å². The Balaban J connectivity index is 2.16. The predicted octanol–water partition coefficient (Wildman–Crippen LogP) is 1.44. The maximum Gasteiger partial charge on any atom is 0.135 e. The van der Waals surface area contributed by atoms with Crippen molar-refractivity contribution in [3.63, 3.8) is 0 Å². The van der Waals surface area contributed by atoms with Crippen LogP contribution in [0.3, 0.4) is 0 Å². The Labute approximate surface area is 82.6 Å². The molecule has 1 aromatic heterocycles. The van der Waals surface area contributed by atoms with Crippen LogP contribution in [0, 0.1) is 0 Å². The van der Waals surface area contributed by atoms with Crippen LogP contribution in [-0.2, 0) is 0 Å². The number of aromatic nitrogens is 2. The third kappa shape index (κ3) is 1.70. The largest absolute Gasteiger partial charge is 0.314 e. The standard InChI is InChI=1S/C10H14FN3/c1-12-10-4-3-8(7-9(10)11)14-6-2-5-13-14/h2,5-7,9-10,12H,3-4H2,1H3/t9-,10+/m0/s1. The van der Waals surface area contributed by atoms with E-state index >= 15 is 0 Å². The molecule has 0 spiro atoms. The normalized spacial score (nSPS) is 27.4. The molecule has 0 radical (unpaired) electrons. The number of allylic oxidation sites excluding steroid dienone is 1. The van der Waals surface area contributed by atoms with Crippen molar-refractivity contribution >= 4 is 5.70 Å². The zero-order valence-corrected chi connectivity index (χ0v) is 8.15. The first-order valence-corrected chi connectivity index (χ1v) is 4.83. The lowest BCUT2D eigenvalue weighted by Crippen LogP contribution is -2.36. The Bertz CT molecular complexity index is 318. The second-order valence-electron chi connectivity index (χ2n) is 3.49. The number of nitrogens with zero attached hydrogens (tertiary/aromatic N) is 2. The van der Waals surface area contributed by atoms with Crippen LogP contribution in [0.4, 0.5) is 4.39 Å². The van der Waals surface area contributed by atoms with Gasteiger partial charge in [-0.3, -0.25) is 0 Å². The van der Waals surface area contributed by atoms with Gasteiger partial charge in [-0.25, -0.2) is 9.07 Å². The van der Waals surface area contributed by atoms with Gasteiger partial charge in [-0.05, 0) is 32.0 Å². The highest BCUT2D eigenvalue weighted by molar-refractivity contribution is 5.46. The van der Waals surface area contributed by atoms with Gasteiger partial charge in [0.15, 0.2) is 0 Å². The average molecular weight is 195 g/mol. The fourth-order valence-corrected chi connectivity index (χ4v) is 1.78. The van der Waals surface area contributed by atoms with E-state index in [1.54, 1.807) is 24.0 Å². The molecule has 76 valence electrons. The highest BCUT2D eigenvalue weighted by Gasteiger charge is 2.23. The topological polar surface area (TPSA) is 29.9 Å². The summed E-state index contributed by atoms with van der Waals surface area (Å²) in [5, 5.41) is 7.06. The van der Waals surface area contributed by atoms with Crippen LogP contribution in [0.25, 0.3) is 5.70 Å². The molecule has 2 atom stereocenters. The molecule has 3 nitrogen and oxygen atoms in total. The Morgan fingerprint density at radius 2 is 2.50 bits per heavy atom. The molecule has 0 aromatic carbocycles. The smallest absolute Gasteiger partial charge is 0.135 e. The molecule has 0 saturated heterocycles. The van der Waals surface area contributed by atoms with Gasteiger partial charge in [0, 0.05) is 24.1 Å². The molecule has 0 saturated carbocycles. The van der Waals surface area contributed by atoms with Gasteiger partial charge in [0.2, 0.25) is 0 Å². The quantitative estimate of drug-likeness (QED) is 0.774. The van der Waals surface area contributed by atoms with E-state index in [1.807, 2.05) is 12.3 Å². The van der Waals surface area contributed by atoms with E-state index in [-0.39, 0.29) is 6.04 Å². The summed E-state index contributed by atoms with van der Waals surface area (Å²) in [6.45, 7) is 0. The van der Waals surface area contributed by atoms with Gasteiger partial charge in [-0.1, -0.05) is 0 Å². The third-order valence-electron chi connectivity index (χ3n) is 2.62. The molecule has 0 fully saturated rings. The van der Waals surface area contributed by atoms with Gasteiger partial charge >= 0.3 is 0 Å². The van der Waals surface area contributed by atoms with Crippen molar-refractivity contribution in [2.45, 2.75) is 25.1 Å². The molecule has 0 amide bonds.